The number of nitrogen functional groups attached to an aromatic ring is 1. The van der Waals surface area contributed by atoms with Gasteiger partial charge in [0.05, 0.1) is 11.6 Å². The number of halogens is 1. The first kappa shape index (κ1) is 13.9. The molecule has 0 spiro atoms. The molecule has 0 aliphatic heterocycles. The van der Waals surface area contributed by atoms with Gasteiger partial charge in [-0.05, 0) is 41.1 Å². The van der Waals surface area contributed by atoms with Gasteiger partial charge in [-0.15, -0.1) is 0 Å². The minimum atomic E-state index is 0.719. The molecular formula is C14H18BrN3O. The highest BCUT2D eigenvalue weighted by Crippen LogP contribution is 2.33. The van der Waals surface area contributed by atoms with Gasteiger partial charge in [-0.25, -0.2) is 4.98 Å². The molecule has 0 radical (unpaired) electrons. The number of imidazole rings is 1. The standard InChI is InChI=1S/C14H18BrN3O/c1-4-12-17-13(14(16)18(12)5-2)9-6-7-11(19-3)10(15)8-9/h6-8H,4-5,16H2,1-3H3. The summed E-state index contributed by atoms with van der Waals surface area (Å²) in [5.74, 6) is 2.53. The zero-order chi connectivity index (χ0) is 14.0. The fourth-order valence-corrected chi connectivity index (χ4v) is 2.70. The number of ether oxygens (including phenoxy) is 1. The van der Waals surface area contributed by atoms with E-state index in [1.165, 1.54) is 0 Å². The number of rotatable bonds is 4. The number of aromatic nitrogens is 2. The molecule has 2 rings (SSSR count). The van der Waals surface area contributed by atoms with Crippen molar-refractivity contribution in [3.8, 4) is 17.0 Å². The first-order valence-electron chi connectivity index (χ1n) is 6.31. The molecule has 0 aliphatic rings. The van der Waals surface area contributed by atoms with Crippen molar-refractivity contribution in [2.45, 2.75) is 26.8 Å². The van der Waals surface area contributed by atoms with Crippen LogP contribution in [0.15, 0.2) is 22.7 Å². The average molecular weight is 324 g/mol. The van der Waals surface area contributed by atoms with Crippen LogP contribution in [0.3, 0.4) is 0 Å². The number of hydrogen-bond donors (Lipinski definition) is 1. The van der Waals surface area contributed by atoms with Crippen molar-refractivity contribution in [3.63, 3.8) is 0 Å². The predicted molar refractivity (Wildman–Crippen MR) is 81.4 cm³/mol. The van der Waals surface area contributed by atoms with Crippen LogP contribution in [0.4, 0.5) is 5.82 Å². The summed E-state index contributed by atoms with van der Waals surface area (Å²) >= 11 is 3.49. The molecule has 19 heavy (non-hydrogen) atoms. The van der Waals surface area contributed by atoms with Crippen LogP contribution in [-0.2, 0) is 13.0 Å². The Morgan fingerprint density at radius 3 is 2.58 bits per heavy atom. The monoisotopic (exact) mass is 323 g/mol. The van der Waals surface area contributed by atoms with Gasteiger partial charge in [0, 0.05) is 18.5 Å². The summed E-state index contributed by atoms with van der Waals surface area (Å²) in [5, 5.41) is 0. The van der Waals surface area contributed by atoms with E-state index >= 15 is 0 Å². The first-order chi connectivity index (χ1) is 9.12. The van der Waals surface area contributed by atoms with E-state index in [-0.39, 0.29) is 0 Å². The molecule has 0 saturated carbocycles. The lowest BCUT2D eigenvalue weighted by molar-refractivity contribution is 0.412. The highest BCUT2D eigenvalue weighted by Gasteiger charge is 2.15. The molecule has 0 bridgehead atoms. The highest BCUT2D eigenvalue weighted by atomic mass is 79.9. The Labute approximate surface area is 121 Å². The van der Waals surface area contributed by atoms with Crippen molar-refractivity contribution in [2.75, 3.05) is 12.8 Å². The second kappa shape index (κ2) is 5.65. The van der Waals surface area contributed by atoms with Gasteiger partial charge in [-0.1, -0.05) is 6.92 Å². The number of nitrogens with zero attached hydrogens (tertiary/aromatic N) is 2. The van der Waals surface area contributed by atoms with E-state index in [0.717, 1.165) is 46.1 Å². The zero-order valence-corrected chi connectivity index (χ0v) is 13.0. The molecule has 1 aromatic heterocycles. The Hall–Kier alpha value is -1.49. The molecule has 102 valence electrons. The van der Waals surface area contributed by atoms with Crippen molar-refractivity contribution < 1.29 is 4.74 Å². The van der Waals surface area contributed by atoms with Crippen LogP contribution in [0.25, 0.3) is 11.3 Å². The molecule has 4 nitrogen and oxygen atoms in total. The molecule has 5 heteroatoms. The van der Waals surface area contributed by atoms with Crippen LogP contribution in [0.5, 0.6) is 5.75 Å². The van der Waals surface area contributed by atoms with Crippen molar-refractivity contribution in [1.82, 2.24) is 9.55 Å². The molecule has 1 aromatic carbocycles. The van der Waals surface area contributed by atoms with E-state index in [2.05, 4.69) is 34.8 Å². The van der Waals surface area contributed by atoms with Crippen LogP contribution < -0.4 is 10.5 Å². The van der Waals surface area contributed by atoms with E-state index < -0.39 is 0 Å². The molecule has 0 fully saturated rings. The van der Waals surface area contributed by atoms with Crippen molar-refractivity contribution >= 4 is 21.7 Å². The van der Waals surface area contributed by atoms with Gasteiger partial charge in [0.2, 0.25) is 0 Å². The van der Waals surface area contributed by atoms with Crippen molar-refractivity contribution in [2.24, 2.45) is 0 Å². The third kappa shape index (κ3) is 2.47. The minimum Gasteiger partial charge on any atom is -0.496 e. The Balaban J connectivity index is 2.53. The third-order valence-electron chi connectivity index (χ3n) is 3.14. The average Bonchev–Trinajstić information content (AvgIpc) is 2.74. The minimum absolute atomic E-state index is 0.719. The van der Waals surface area contributed by atoms with E-state index in [0.29, 0.717) is 0 Å². The Morgan fingerprint density at radius 1 is 1.37 bits per heavy atom. The Morgan fingerprint density at radius 2 is 2.11 bits per heavy atom. The normalized spacial score (nSPS) is 10.7. The lowest BCUT2D eigenvalue weighted by Crippen LogP contribution is -2.04. The van der Waals surface area contributed by atoms with Gasteiger partial charge in [0.15, 0.2) is 0 Å². The van der Waals surface area contributed by atoms with Gasteiger partial charge in [0.25, 0.3) is 0 Å². The van der Waals surface area contributed by atoms with Crippen LogP contribution in [0, 0.1) is 0 Å². The number of aryl methyl sites for hydroxylation is 1. The van der Waals surface area contributed by atoms with Gasteiger partial charge in [0.1, 0.15) is 23.1 Å². The van der Waals surface area contributed by atoms with Crippen LogP contribution in [0.1, 0.15) is 19.7 Å². The smallest absolute Gasteiger partial charge is 0.133 e. The summed E-state index contributed by atoms with van der Waals surface area (Å²) in [6.07, 6.45) is 0.870. The quantitative estimate of drug-likeness (QED) is 0.937. The molecule has 0 aliphatic carbocycles. The van der Waals surface area contributed by atoms with Gasteiger partial charge < -0.3 is 15.0 Å². The maximum absolute atomic E-state index is 6.20. The van der Waals surface area contributed by atoms with Crippen molar-refractivity contribution in [1.29, 1.82) is 0 Å². The summed E-state index contributed by atoms with van der Waals surface area (Å²) in [4.78, 5) is 4.64. The predicted octanol–water partition coefficient (Wildman–Crippen LogP) is 3.49. The Kier molecular flexibility index (Phi) is 4.14. The molecule has 1 heterocycles. The fraction of sp³-hybridized carbons (Fsp3) is 0.357. The fourth-order valence-electron chi connectivity index (χ4n) is 2.16. The molecular weight excluding hydrogens is 306 g/mol. The zero-order valence-electron chi connectivity index (χ0n) is 11.4. The van der Waals surface area contributed by atoms with Crippen LogP contribution in [0.2, 0.25) is 0 Å². The molecule has 0 saturated heterocycles. The topological polar surface area (TPSA) is 53.1 Å². The largest absolute Gasteiger partial charge is 0.496 e. The third-order valence-corrected chi connectivity index (χ3v) is 3.76. The summed E-state index contributed by atoms with van der Waals surface area (Å²) in [6.45, 7) is 4.99. The first-order valence-corrected chi connectivity index (χ1v) is 7.10. The van der Waals surface area contributed by atoms with Gasteiger partial charge in [-0.3, -0.25) is 0 Å². The van der Waals surface area contributed by atoms with Crippen LogP contribution >= 0.6 is 15.9 Å². The summed E-state index contributed by atoms with van der Waals surface area (Å²) in [5.41, 5.74) is 8.02. The molecule has 0 unspecified atom stereocenters. The van der Waals surface area contributed by atoms with Crippen molar-refractivity contribution in [3.05, 3.63) is 28.5 Å². The van der Waals surface area contributed by atoms with E-state index in [4.69, 9.17) is 10.5 Å². The van der Waals surface area contributed by atoms with Crippen LogP contribution in [-0.4, -0.2) is 16.7 Å². The van der Waals surface area contributed by atoms with E-state index in [1.807, 2.05) is 22.8 Å². The number of anilines is 1. The summed E-state index contributed by atoms with van der Waals surface area (Å²) < 4.78 is 8.18. The lowest BCUT2D eigenvalue weighted by Gasteiger charge is -2.06. The number of hydrogen-bond acceptors (Lipinski definition) is 3. The maximum atomic E-state index is 6.20. The van der Waals surface area contributed by atoms with Gasteiger partial charge >= 0.3 is 0 Å². The molecule has 0 amide bonds. The highest BCUT2D eigenvalue weighted by molar-refractivity contribution is 9.10. The van der Waals surface area contributed by atoms with Gasteiger partial charge in [-0.2, -0.15) is 0 Å². The lowest BCUT2D eigenvalue weighted by atomic mass is 10.1. The number of nitrogens with two attached hydrogens (primary N) is 1. The number of benzene rings is 1. The molecule has 2 aromatic rings. The molecule has 2 N–H and O–H groups in total. The SMILES string of the molecule is CCc1nc(-c2ccc(OC)c(Br)c2)c(N)n1CC. The second-order valence-electron chi connectivity index (χ2n) is 4.21. The van der Waals surface area contributed by atoms with E-state index in [1.54, 1.807) is 7.11 Å². The molecule has 0 atom stereocenters. The summed E-state index contributed by atoms with van der Waals surface area (Å²) in [6, 6.07) is 5.87. The maximum Gasteiger partial charge on any atom is 0.133 e. The Bertz CT molecular complexity index is 593. The van der Waals surface area contributed by atoms with E-state index in [9.17, 15) is 0 Å². The number of methoxy groups -OCH3 is 1. The second-order valence-corrected chi connectivity index (χ2v) is 5.06. The summed E-state index contributed by atoms with van der Waals surface area (Å²) in [7, 11) is 1.65.